The molecule has 0 saturated carbocycles. The van der Waals surface area contributed by atoms with Crippen molar-refractivity contribution in [2.75, 3.05) is 23.9 Å². The maximum Gasteiger partial charge on any atom is 0.339 e. The van der Waals surface area contributed by atoms with Crippen molar-refractivity contribution >= 4 is 29.2 Å². The molecule has 1 aliphatic rings. The molecule has 2 N–H and O–H groups in total. The quantitative estimate of drug-likeness (QED) is 0.531. The van der Waals surface area contributed by atoms with Crippen molar-refractivity contribution in [2.24, 2.45) is 5.10 Å². The molecule has 0 saturated heterocycles. The summed E-state index contributed by atoms with van der Waals surface area (Å²) >= 11 is 0. The number of rotatable bonds is 5. The Balaban J connectivity index is 1.77. The van der Waals surface area contributed by atoms with Crippen LogP contribution in [0.15, 0.2) is 47.6 Å². The number of hydrogen-bond acceptors (Lipinski definition) is 4. The number of amides is 2. The number of hydrazone groups is 1. The average Bonchev–Trinajstić information content (AvgIpc) is 2.69. The van der Waals surface area contributed by atoms with Crippen LogP contribution < -0.4 is 20.4 Å². The number of benzene rings is 2. The zero-order valence-corrected chi connectivity index (χ0v) is 18.5. The lowest BCUT2D eigenvalue weighted by Crippen LogP contribution is -2.45. The second kappa shape index (κ2) is 8.61. The number of anilines is 2. The maximum atomic E-state index is 12.2. The number of allylic oxidation sites excluding steroid dienone is 1. The number of ether oxygens (including phenoxy) is 1. The fourth-order valence-electron chi connectivity index (χ4n) is 4.02. The number of nitrogens with one attached hydrogen (secondary N) is 2. The van der Waals surface area contributed by atoms with Crippen molar-refractivity contribution in [3.63, 3.8) is 0 Å². The van der Waals surface area contributed by atoms with Gasteiger partial charge in [0.25, 0.3) is 0 Å². The van der Waals surface area contributed by atoms with Crippen LogP contribution in [-0.2, 0) is 0 Å². The largest absolute Gasteiger partial charge is 0.495 e. The molecular weight excluding hydrogens is 376 g/mol. The number of methoxy groups -OCH3 is 1. The van der Waals surface area contributed by atoms with Gasteiger partial charge in [-0.05, 0) is 75.6 Å². The highest BCUT2D eigenvalue weighted by molar-refractivity contribution is 5.93. The summed E-state index contributed by atoms with van der Waals surface area (Å²) in [5, 5.41) is 6.87. The van der Waals surface area contributed by atoms with Gasteiger partial charge in [-0.15, -0.1) is 0 Å². The molecule has 2 aromatic rings. The first-order valence-corrected chi connectivity index (χ1v) is 10.1. The Morgan fingerprint density at radius 3 is 2.67 bits per heavy atom. The molecule has 1 aliphatic heterocycles. The van der Waals surface area contributed by atoms with Gasteiger partial charge >= 0.3 is 6.03 Å². The predicted molar refractivity (Wildman–Crippen MR) is 125 cm³/mol. The number of aryl methyl sites for hydroxylation is 1. The first kappa shape index (κ1) is 21.4. The van der Waals surface area contributed by atoms with Gasteiger partial charge in [0.15, 0.2) is 0 Å². The highest BCUT2D eigenvalue weighted by Gasteiger charge is 2.30. The van der Waals surface area contributed by atoms with Crippen LogP contribution in [0.3, 0.4) is 0 Å². The van der Waals surface area contributed by atoms with Crippen LogP contribution in [-0.4, -0.2) is 31.4 Å². The predicted octanol–water partition coefficient (Wildman–Crippen LogP) is 5.18. The molecular formula is C24H30N4O2. The van der Waals surface area contributed by atoms with Crippen LogP contribution in [0.4, 0.5) is 16.2 Å². The van der Waals surface area contributed by atoms with E-state index in [2.05, 4.69) is 73.6 Å². The normalized spacial score (nSPS) is 14.9. The van der Waals surface area contributed by atoms with E-state index in [1.807, 2.05) is 12.1 Å². The minimum absolute atomic E-state index is 0.0218. The molecule has 6 nitrogen and oxygen atoms in total. The van der Waals surface area contributed by atoms with E-state index in [1.165, 1.54) is 16.8 Å². The molecule has 0 fully saturated rings. The first-order chi connectivity index (χ1) is 14.3. The van der Waals surface area contributed by atoms with Crippen LogP contribution >= 0.6 is 0 Å². The third-order valence-electron chi connectivity index (χ3n) is 5.41. The lowest BCUT2D eigenvalue weighted by Gasteiger charge is -2.43. The zero-order valence-electron chi connectivity index (χ0n) is 18.5. The summed E-state index contributed by atoms with van der Waals surface area (Å²) in [4.78, 5) is 14.6. The van der Waals surface area contributed by atoms with E-state index in [0.717, 1.165) is 17.7 Å². The summed E-state index contributed by atoms with van der Waals surface area (Å²) in [6.45, 7) is 11.8. The van der Waals surface area contributed by atoms with Crippen LogP contribution in [0.2, 0.25) is 0 Å². The van der Waals surface area contributed by atoms with Gasteiger partial charge in [0, 0.05) is 17.8 Å². The number of hydrogen-bond donors (Lipinski definition) is 2. The molecule has 1 heterocycles. The van der Waals surface area contributed by atoms with E-state index < -0.39 is 6.03 Å². The summed E-state index contributed by atoms with van der Waals surface area (Å²) in [6, 6.07) is 11.1. The molecule has 6 heteroatoms. The monoisotopic (exact) mass is 406 g/mol. The Morgan fingerprint density at radius 2 is 1.97 bits per heavy atom. The molecule has 3 rings (SSSR count). The van der Waals surface area contributed by atoms with E-state index in [4.69, 9.17) is 4.74 Å². The van der Waals surface area contributed by atoms with Crippen LogP contribution in [0.5, 0.6) is 5.75 Å². The van der Waals surface area contributed by atoms with E-state index in [-0.39, 0.29) is 5.54 Å². The number of carbonyl (C=O) groups is 1. The summed E-state index contributed by atoms with van der Waals surface area (Å²) in [5.74, 6) is 0.591. The van der Waals surface area contributed by atoms with Gasteiger partial charge < -0.3 is 15.0 Å². The van der Waals surface area contributed by atoms with E-state index in [9.17, 15) is 4.79 Å². The van der Waals surface area contributed by atoms with Crippen molar-refractivity contribution in [2.45, 2.75) is 40.2 Å². The third-order valence-corrected chi connectivity index (χ3v) is 5.41. The molecule has 0 bridgehead atoms. The smallest absolute Gasteiger partial charge is 0.339 e. The van der Waals surface area contributed by atoms with E-state index in [0.29, 0.717) is 11.4 Å². The Kier molecular flexibility index (Phi) is 6.15. The summed E-state index contributed by atoms with van der Waals surface area (Å²) in [7, 11) is 1.56. The maximum absolute atomic E-state index is 12.2. The molecule has 158 valence electrons. The molecule has 0 unspecified atom stereocenters. The van der Waals surface area contributed by atoms with Gasteiger partial charge in [0.2, 0.25) is 0 Å². The van der Waals surface area contributed by atoms with E-state index in [1.54, 1.807) is 25.5 Å². The minimum atomic E-state index is -0.429. The molecule has 2 aromatic carbocycles. The number of urea groups is 1. The molecule has 2 amide bonds. The number of likely N-dealkylation sites (N-methyl/N-ethyl adjacent to an activating group) is 1. The van der Waals surface area contributed by atoms with Crippen molar-refractivity contribution in [3.8, 4) is 5.75 Å². The Morgan fingerprint density at radius 1 is 1.23 bits per heavy atom. The van der Waals surface area contributed by atoms with Gasteiger partial charge in [-0.3, -0.25) is 0 Å². The molecule has 30 heavy (non-hydrogen) atoms. The fourth-order valence-corrected chi connectivity index (χ4v) is 4.02. The van der Waals surface area contributed by atoms with Gasteiger partial charge in [0.1, 0.15) is 5.75 Å². The van der Waals surface area contributed by atoms with Crippen molar-refractivity contribution in [1.82, 2.24) is 5.43 Å². The zero-order chi connectivity index (χ0) is 21.9. The second-order valence-electron chi connectivity index (χ2n) is 7.98. The van der Waals surface area contributed by atoms with E-state index >= 15 is 0 Å². The van der Waals surface area contributed by atoms with Crippen molar-refractivity contribution in [3.05, 3.63) is 59.2 Å². The standard InChI is InChI=1S/C24H30N4O2/c1-7-28-21-12-16(2)18(13-19(21)17(3)14-24(28,4)5)15-25-27-23(29)26-20-10-8-9-11-22(20)30-6/h8-15H,7H2,1-6H3,(H2,26,27,29)/b25-15+. The minimum Gasteiger partial charge on any atom is -0.495 e. The van der Waals surface area contributed by atoms with Crippen molar-refractivity contribution < 1.29 is 9.53 Å². The molecule has 0 atom stereocenters. The number of fused-ring (bicyclic) bond motifs is 1. The van der Waals surface area contributed by atoms with Crippen LogP contribution in [0.1, 0.15) is 44.4 Å². The van der Waals surface area contributed by atoms with Gasteiger partial charge in [-0.2, -0.15) is 5.10 Å². The van der Waals surface area contributed by atoms with Crippen LogP contribution in [0, 0.1) is 6.92 Å². The topological polar surface area (TPSA) is 66.0 Å². The average molecular weight is 407 g/mol. The SMILES string of the molecule is CCN1c2cc(C)c(/C=N/NC(=O)Nc3ccccc3OC)cc2C(C)=CC1(C)C. The third kappa shape index (κ3) is 4.32. The summed E-state index contributed by atoms with van der Waals surface area (Å²) in [6.07, 6.45) is 3.98. The number of nitrogens with zero attached hydrogens (tertiary/aromatic N) is 2. The highest BCUT2D eigenvalue weighted by atomic mass is 16.5. The Labute approximate surface area is 178 Å². The molecule has 0 radical (unpaired) electrons. The fraction of sp³-hybridized carbons (Fsp3) is 0.333. The van der Waals surface area contributed by atoms with Crippen LogP contribution in [0.25, 0.3) is 5.57 Å². The Hall–Kier alpha value is -3.28. The summed E-state index contributed by atoms with van der Waals surface area (Å²) in [5.41, 5.74) is 8.83. The molecule has 0 aromatic heterocycles. The molecule has 0 spiro atoms. The number of carbonyl (C=O) groups excluding carboxylic acids is 1. The first-order valence-electron chi connectivity index (χ1n) is 10.1. The second-order valence-corrected chi connectivity index (χ2v) is 7.98. The summed E-state index contributed by atoms with van der Waals surface area (Å²) < 4.78 is 5.24. The molecule has 0 aliphatic carbocycles. The van der Waals surface area contributed by atoms with Gasteiger partial charge in [-0.1, -0.05) is 18.2 Å². The van der Waals surface area contributed by atoms with Gasteiger partial charge in [0.05, 0.1) is 24.6 Å². The van der Waals surface area contributed by atoms with Gasteiger partial charge in [-0.25, -0.2) is 10.2 Å². The Bertz CT molecular complexity index is 1010. The van der Waals surface area contributed by atoms with Crippen molar-refractivity contribution in [1.29, 1.82) is 0 Å². The lowest BCUT2D eigenvalue weighted by atomic mass is 9.87. The number of para-hydroxylation sites is 2. The lowest BCUT2D eigenvalue weighted by molar-refractivity contribution is 0.252. The highest BCUT2D eigenvalue weighted by Crippen LogP contribution is 2.39.